The highest BCUT2D eigenvalue weighted by Crippen LogP contribution is 2.17. The van der Waals surface area contributed by atoms with Gasteiger partial charge < -0.3 is 14.8 Å². The van der Waals surface area contributed by atoms with Crippen molar-refractivity contribution in [3.63, 3.8) is 0 Å². The largest absolute Gasteiger partial charge is 0.482 e. The van der Waals surface area contributed by atoms with Crippen molar-refractivity contribution < 1.29 is 14.3 Å². The van der Waals surface area contributed by atoms with Crippen LogP contribution in [0.1, 0.15) is 18.9 Å². The summed E-state index contributed by atoms with van der Waals surface area (Å²) in [6.07, 6.45) is 1.09. The maximum Gasteiger partial charge on any atom is 0.343 e. The minimum Gasteiger partial charge on any atom is -0.482 e. The summed E-state index contributed by atoms with van der Waals surface area (Å²) in [6, 6.07) is 7.67. The van der Waals surface area contributed by atoms with E-state index in [1.165, 1.54) is 7.11 Å². The summed E-state index contributed by atoms with van der Waals surface area (Å²) < 4.78 is 9.94. The van der Waals surface area contributed by atoms with E-state index in [1.54, 1.807) is 0 Å². The molecule has 0 aromatic heterocycles. The second-order valence-electron chi connectivity index (χ2n) is 3.65. The van der Waals surface area contributed by atoms with E-state index in [4.69, 9.17) is 4.74 Å². The Kier molecular flexibility index (Phi) is 6.10. The van der Waals surface area contributed by atoms with Gasteiger partial charge in [0.2, 0.25) is 0 Å². The van der Waals surface area contributed by atoms with Crippen LogP contribution in [0.2, 0.25) is 0 Å². The number of hydrogen-bond acceptors (Lipinski definition) is 4. The summed E-state index contributed by atoms with van der Waals surface area (Å²) in [4.78, 5) is 11.0. The summed E-state index contributed by atoms with van der Waals surface area (Å²) in [7, 11) is 1.35. The minimum absolute atomic E-state index is 0.0543. The first-order chi connectivity index (χ1) is 8.27. The zero-order valence-corrected chi connectivity index (χ0v) is 10.4. The highest BCUT2D eigenvalue weighted by molar-refractivity contribution is 5.70. The highest BCUT2D eigenvalue weighted by Gasteiger charge is 2.05. The average Bonchev–Trinajstić information content (AvgIpc) is 2.37. The molecule has 0 heterocycles. The first-order valence-electron chi connectivity index (χ1n) is 5.76. The Bertz CT molecular complexity index is 352. The Morgan fingerprint density at radius 2 is 2.12 bits per heavy atom. The molecular weight excluding hydrogens is 218 g/mol. The third-order valence-corrected chi connectivity index (χ3v) is 2.29. The van der Waals surface area contributed by atoms with Gasteiger partial charge in [0.15, 0.2) is 6.61 Å². The smallest absolute Gasteiger partial charge is 0.343 e. The lowest BCUT2D eigenvalue weighted by molar-refractivity contribution is -0.142. The van der Waals surface area contributed by atoms with E-state index in [-0.39, 0.29) is 12.6 Å². The Morgan fingerprint density at radius 3 is 2.82 bits per heavy atom. The number of carbonyl (C=O) groups excluding carboxylic acids is 1. The molecule has 0 amide bonds. The molecule has 0 atom stereocenters. The van der Waals surface area contributed by atoms with Crippen LogP contribution in [-0.2, 0) is 16.1 Å². The molecule has 4 nitrogen and oxygen atoms in total. The van der Waals surface area contributed by atoms with Gasteiger partial charge in [-0.2, -0.15) is 0 Å². The predicted octanol–water partition coefficient (Wildman–Crippen LogP) is 1.74. The second-order valence-corrected chi connectivity index (χ2v) is 3.65. The fraction of sp³-hybridized carbons (Fsp3) is 0.462. The van der Waals surface area contributed by atoms with Gasteiger partial charge in [0.05, 0.1) is 7.11 Å². The lowest BCUT2D eigenvalue weighted by Crippen LogP contribution is -2.17. The molecule has 0 saturated heterocycles. The normalized spacial score (nSPS) is 10.0. The summed E-state index contributed by atoms with van der Waals surface area (Å²) in [6.45, 7) is 3.77. The van der Waals surface area contributed by atoms with Crippen LogP contribution in [0.4, 0.5) is 0 Å². The second kappa shape index (κ2) is 7.68. The summed E-state index contributed by atoms with van der Waals surface area (Å²) >= 11 is 0. The predicted molar refractivity (Wildman–Crippen MR) is 66.0 cm³/mol. The van der Waals surface area contributed by atoms with Gasteiger partial charge in [-0.3, -0.25) is 0 Å². The molecule has 0 unspecified atom stereocenters. The number of hydrogen-bond donors (Lipinski definition) is 1. The van der Waals surface area contributed by atoms with Crippen LogP contribution in [-0.4, -0.2) is 26.2 Å². The lowest BCUT2D eigenvalue weighted by atomic mass is 10.2. The molecule has 1 aromatic rings. The molecule has 1 aromatic carbocycles. The number of nitrogens with one attached hydrogen (secondary N) is 1. The summed E-state index contributed by atoms with van der Waals surface area (Å²) in [5, 5.41) is 3.30. The molecule has 94 valence electrons. The third-order valence-electron chi connectivity index (χ3n) is 2.29. The Labute approximate surface area is 102 Å². The van der Waals surface area contributed by atoms with Crippen LogP contribution >= 0.6 is 0 Å². The Balaban J connectivity index is 2.54. The van der Waals surface area contributed by atoms with E-state index in [1.807, 2.05) is 24.3 Å². The molecule has 0 saturated carbocycles. The third kappa shape index (κ3) is 4.87. The summed E-state index contributed by atoms with van der Waals surface area (Å²) in [5.41, 5.74) is 1.05. The van der Waals surface area contributed by atoms with Crippen molar-refractivity contribution >= 4 is 5.97 Å². The molecular formula is C13H19NO3. The number of para-hydroxylation sites is 1. The molecule has 0 spiro atoms. The van der Waals surface area contributed by atoms with Crippen LogP contribution < -0.4 is 10.1 Å². The van der Waals surface area contributed by atoms with Crippen molar-refractivity contribution in [3.05, 3.63) is 29.8 Å². The van der Waals surface area contributed by atoms with Crippen molar-refractivity contribution in [1.82, 2.24) is 5.32 Å². The van der Waals surface area contributed by atoms with E-state index >= 15 is 0 Å². The number of benzene rings is 1. The monoisotopic (exact) mass is 237 g/mol. The fourth-order valence-electron chi connectivity index (χ4n) is 1.39. The van der Waals surface area contributed by atoms with Gasteiger partial charge in [0.1, 0.15) is 5.75 Å². The maximum absolute atomic E-state index is 11.0. The first kappa shape index (κ1) is 13.5. The molecule has 0 aliphatic rings. The van der Waals surface area contributed by atoms with E-state index in [0.29, 0.717) is 0 Å². The van der Waals surface area contributed by atoms with Gasteiger partial charge >= 0.3 is 5.97 Å². The van der Waals surface area contributed by atoms with E-state index in [9.17, 15) is 4.79 Å². The van der Waals surface area contributed by atoms with Gasteiger partial charge in [-0.1, -0.05) is 25.1 Å². The number of carbonyl (C=O) groups is 1. The number of esters is 1. The molecule has 0 bridgehead atoms. The molecule has 1 rings (SSSR count). The SMILES string of the molecule is CCCNCc1ccccc1OCC(=O)OC. The maximum atomic E-state index is 11.0. The molecule has 0 radical (unpaired) electrons. The first-order valence-corrected chi connectivity index (χ1v) is 5.76. The lowest BCUT2D eigenvalue weighted by Gasteiger charge is -2.11. The Morgan fingerprint density at radius 1 is 1.35 bits per heavy atom. The van der Waals surface area contributed by atoms with Crippen molar-refractivity contribution in [2.45, 2.75) is 19.9 Å². The van der Waals surface area contributed by atoms with Crippen LogP contribution in [0, 0.1) is 0 Å². The van der Waals surface area contributed by atoms with E-state index in [2.05, 4.69) is 17.0 Å². The highest BCUT2D eigenvalue weighted by atomic mass is 16.6. The van der Waals surface area contributed by atoms with E-state index < -0.39 is 0 Å². The van der Waals surface area contributed by atoms with Crippen LogP contribution in [0.3, 0.4) is 0 Å². The van der Waals surface area contributed by atoms with Gasteiger partial charge in [0, 0.05) is 12.1 Å². The van der Waals surface area contributed by atoms with Crippen LogP contribution in [0.15, 0.2) is 24.3 Å². The summed E-state index contributed by atoms with van der Waals surface area (Å²) in [5.74, 6) is 0.350. The van der Waals surface area contributed by atoms with Gasteiger partial charge in [-0.25, -0.2) is 4.79 Å². The molecule has 0 fully saturated rings. The van der Waals surface area contributed by atoms with Crippen molar-refractivity contribution in [2.24, 2.45) is 0 Å². The number of rotatable bonds is 7. The van der Waals surface area contributed by atoms with Crippen molar-refractivity contribution in [3.8, 4) is 5.75 Å². The zero-order chi connectivity index (χ0) is 12.5. The molecule has 0 aliphatic heterocycles. The molecule has 1 N–H and O–H groups in total. The van der Waals surface area contributed by atoms with Gasteiger partial charge in [0.25, 0.3) is 0 Å². The van der Waals surface area contributed by atoms with Crippen molar-refractivity contribution in [1.29, 1.82) is 0 Å². The quantitative estimate of drug-likeness (QED) is 0.579. The fourth-order valence-corrected chi connectivity index (χ4v) is 1.39. The molecule has 4 heteroatoms. The van der Waals surface area contributed by atoms with Crippen LogP contribution in [0.5, 0.6) is 5.75 Å². The average molecular weight is 237 g/mol. The molecule has 17 heavy (non-hydrogen) atoms. The Hall–Kier alpha value is -1.55. The van der Waals surface area contributed by atoms with Gasteiger partial charge in [-0.05, 0) is 19.0 Å². The molecule has 0 aliphatic carbocycles. The van der Waals surface area contributed by atoms with E-state index in [0.717, 1.165) is 30.8 Å². The number of methoxy groups -OCH3 is 1. The topological polar surface area (TPSA) is 47.6 Å². The standard InChI is InChI=1S/C13H19NO3/c1-3-8-14-9-11-6-4-5-7-12(11)17-10-13(15)16-2/h4-7,14H,3,8-10H2,1-2H3. The van der Waals surface area contributed by atoms with Crippen molar-refractivity contribution in [2.75, 3.05) is 20.3 Å². The number of ether oxygens (including phenoxy) is 2. The van der Waals surface area contributed by atoms with Crippen LogP contribution in [0.25, 0.3) is 0 Å². The minimum atomic E-state index is -0.374. The van der Waals surface area contributed by atoms with Gasteiger partial charge in [-0.15, -0.1) is 0 Å². The zero-order valence-electron chi connectivity index (χ0n) is 10.4.